The zero-order chi connectivity index (χ0) is 18.4. The van der Waals surface area contributed by atoms with E-state index in [9.17, 15) is 4.79 Å². The topological polar surface area (TPSA) is 72.9 Å². The Morgan fingerprint density at radius 3 is 2.46 bits per heavy atom. The molecule has 6 heteroatoms. The zero-order valence-electron chi connectivity index (χ0n) is 16.2. The maximum absolute atomic E-state index is 12.1. The Balaban J connectivity index is 0.00000338. The Labute approximate surface area is 162 Å². The van der Waals surface area contributed by atoms with Crippen molar-refractivity contribution < 1.29 is 4.79 Å². The molecular formula is C20H31ClN4O. The lowest BCUT2D eigenvalue weighted by atomic mass is 10.1. The number of aryl methyl sites for hydroxylation is 1. The van der Waals surface area contributed by atoms with Crippen LogP contribution in [0.4, 0.5) is 5.69 Å². The summed E-state index contributed by atoms with van der Waals surface area (Å²) in [5.41, 5.74) is 11.0. The fourth-order valence-electron chi connectivity index (χ4n) is 2.98. The van der Waals surface area contributed by atoms with Crippen molar-refractivity contribution in [2.24, 2.45) is 5.92 Å². The highest BCUT2D eigenvalue weighted by atomic mass is 35.5. The third-order valence-corrected chi connectivity index (χ3v) is 4.39. The molecule has 0 aliphatic heterocycles. The minimum absolute atomic E-state index is 0. The van der Waals surface area contributed by atoms with Crippen LogP contribution in [0.25, 0.3) is 0 Å². The molecule has 0 spiro atoms. The van der Waals surface area contributed by atoms with Crippen LogP contribution in [0.5, 0.6) is 0 Å². The van der Waals surface area contributed by atoms with Gasteiger partial charge in [-0.2, -0.15) is 5.10 Å². The number of hydrogen-bond donors (Lipinski definition) is 2. The number of carbonyl (C=O) groups is 1. The van der Waals surface area contributed by atoms with E-state index in [0.29, 0.717) is 18.9 Å². The van der Waals surface area contributed by atoms with Crippen LogP contribution < -0.4 is 11.1 Å². The zero-order valence-corrected chi connectivity index (χ0v) is 17.0. The van der Waals surface area contributed by atoms with Gasteiger partial charge in [0, 0.05) is 30.9 Å². The third-order valence-electron chi connectivity index (χ3n) is 4.39. The fraction of sp³-hybridized carbons (Fsp3) is 0.500. The van der Waals surface area contributed by atoms with Crippen molar-refractivity contribution in [2.75, 3.05) is 12.3 Å². The minimum Gasteiger partial charge on any atom is -0.399 e. The van der Waals surface area contributed by atoms with E-state index in [1.165, 1.54) is 16.8 Å². The summed E-state index contributed by atoms with van der Waals surface area (Å²) >= 11 is 0. The number of nitrogens with two attached hydrogens (primary N) is 1. The van der Waals surface area contributed by atoms with Crippen LogP contribution in [0.15, 0.2) is 24.3 Å². The fourth-order valence-corrected chi connectivity index (χ4v) is 2.98. The smallest absolute Gasteiger partial charge is 0.220 e. The van der Waals surface area contributed by atoms with Gasteiger partial charge in [-0.15, -0.1) is 12.4 Å². The summed E-state index contributed by atoms with van der Waals surface area (Å²) in [5.74, 6) is 0.647. The van der Waals surface area contributed by atoms with Crippen LogP contribution in [0.1, 0.15) is 42.8 Å². The average Bonchev–Trinajstić information content (AvgIpc) is 2.80. The largest absolute Gasteiger partial charge is 0.399 e. The second-order valence-electron chi connectivity index (χ2n) is 7.07. The molecule has 1 heterocycles. The molecule has 0 unspecified atom stereocenters. The van der Waals surface area contributed by atoms with Crippen molar-refractivity contribution in [1.82, 2.24) is 15.1 Å². The van der Waals surface area contributed by atoms with Gasteiger partial charge in [-0.25, -0.2) is 0 Å². The lowest BCUT2D eigenvalue weighted by molar-refractivity contribution is -0.121. The minimum atomic E-state index is 0. The van der Waals surface area contributed by atoms with Crippen molar-refractivity contribution in [2.45, 2.75) is 53.5 Å². The van der Waals surface area contributed by atoms with Crippen molar-refractivity contribution in [1.29, 1.82) is 0 Å². The van der Waals surface area contributed by atoms with Gasteiger partial charge < -0.3 is 11.1 Å². The summed E-state index contributed by atoms with van der Waals surface area (Å²) in [5, 5.41) is 7.61. The Hall–Kier alpha value is -2.01. The molecule has 2 rings (SSSR count). The molecule has 2 aromatic rings. The second-order valence-corrected chi connectivity index (χ2v) is 7.07. The molecule has 0 saturated carbocycles. The summed E-state index contributed by atoms with van der Waals surface area (Å²) < 4.78 is 2.06. The highest BCUT2D eigenvalue weighted by Gasteiger charge is 2.13. The van der Waals surface area contributed by atoms with Crippen LogP contribution >= 0.6 is 12.4 Å². The molecule has 0 radical (unpaired) electrons. The van der Waals surface area contributed by atoms with Crippen LogP contribution in [0.2, 0.25) is 0 Å². The maximum Gasteiger partial charge on any atom is 0.220 e. The van der Waals surface area contributed by atoms with E-state index in [-0.39, 0.29) is 18.3 Å². The first-order chi connectivity index (χ1) is 11.9. The van der Waals surface area contributed by atoms with Crippen LogP contribution in [0.3, 0.4) is 0 Å². The molecule has 1 amide bonds. The van der Waals surface area contributed by atoms with E-state index in [1.807, 2.05) is 31.2 Å². The summed E-state index contributed by atoms with van der Waals surface area (Å²) in [6, 6.07) is 7.77. The number of nitrogens with zero attached hydrogens (tertiary/aromatic N) is 2. The Bertz CT molecular complexity index is 707. The van der Waals surface area contributed by atoms with E-state index in [0.717, 1.165) is 30.8 Å². The first-order valence-electron chi connectivity index (χ1n) is 9.00. The third kappa shape index (κ3) is 6.37. The molecule has 1 aromatic heterocycles. The number of halogens is 1. The highest BCUT2D eigenvalue weighted by molar-refractivity contribution is 5.85. The van der Waals surface area contributed by atoms with Crippen molar-refractivity contribution in [3.05, 3.63) is 46.8 Å². The van der Waals surface area contributed by atoms with Gasteiger partial charge in [-0.05, 0) is 55.9 Å². The van der Waals surface area contributed by atoms with Gasteiger partial charge in [0.05, 0.1) is 5.69 Å². The standard InChI is InChI=1S/C20H30N4O.ClH/c1-14(2)13-24-16(4)19(15(3)23-24)9-10-20(25)22-12-11-17-5-7-18(21)8-6-17;/h5-8,14H,9-13,21H2,1-4H3,(H,22,25);1H. The molecule has 0 aliphatic rings. The molecule has 0 saturated heterocycles. The second kappa shape index (κ2) is 10.2. The molecule has 3 N–H and O–H groups in total. The summed E-state index contributed by atoms with van der Waals surface area (Å²) in [4.78, 5) is 12.1. The van der Waals surface area contributed by atoms with Gasteiger partial charge in [0.25, 0.3) is 0 Å². The number of hydrogen-bond acceptors (Lipinski definition) is 3. The summed E-state index contributed by atoms with van der Waals surface area (Å²) in [6.45, 7) is 10.1. The van der Waals surface area contributed by atoms with E-state index < -0.39 is 0 Å². The molecular weight excluding hydrogens is 348 g/mol. The highest BCUT2D eigenvalue weighted by Crippen LogP contribution is 2.16. The number of rotatable bonds is 8. The van der Waals surface area contributed by atoms with Gasteiger partial charge in [0.15, 0.2) is 0 Å². The molecule has 0 aliphatic carbocycles. The molecule has 144 valence electrons. The molecule has 0 atom stereocenters. The number of amides is 1. The average molecular weight is 379 g/mol. The lowest BCUT2D eigenvalue weighted by Gasteiger charge is -2.08. The maximum atomic E-state index is 12.1. The number of nitrogens with one attached hydrogen (secondary N) is 1. The van der Waals surface area contributed by atoms with E-state index in [4.69, 9.17) is 5.73 Å². The predicted octanol–water partition coefficient (Wildman–Crippen LogP) is 3.45. The van der Waals surface area contributed by atoms with E-state index >= 15 is 0 Å². The van der Waals surface area contributed by atoms with Crippen LogP contribution in [0, 0.1) is 19.8 Å². The number of aromatic nitrogens is 2. The van der Waals surface area contributed by atoms with Gasteiger partial charge in [-0.1, -0.05) is 26.0 Å². The predicted molar refractivity (Wildman–Crippen MR) is 110 cm³/mol. The summed E-state index contributed by atoms with van der Waals surface area (Å²) in [7, 11) is 0. The number of benzene rings is 1. The van der Waals surface area contributed by atoms with Crippen molar-refractivity contribution in [3.63, 3.8) is 0 Å². The van der Waals surface area contributed by atoms with Crippen molar-refractivity contribution in [3.8, 4) is 0 Å². The SMILES string of the molecule is Cc1nn(CC(C)C)c(C)c1CCC(=O)NCCc1ccc(N)cc1.Cl. The number of anilines is 1. The van der Waals surface area contributed by atoms with Crippen molar-refractivity contribution >= 4 is 24.0 Å². The van der Waals surface area contributed by atoms with Crippen LogP contribution in [-0.4, -0.2) is 22.2 Å². The van der Waals surface area contributed by atoms with Crippen LogP contribution in [-0.2, 0) is 24.2 Å². The van der Waals surface area contributed by atoms with Gasteiger partial charge in [0.1, 0.15) is 0 Å². The molecule has 0 bridgehead atoms. The molecule has 0 fully saturated rings. The Morgan fingerprint density at radius 1 is 1.19 bits per heavy atom. The van der Waals surface area contributed by atoms with E-state index in [2.05, 4.69) is 35.9 Å². The first-order valence-corrected chi connectivity index (χ1v) is 9.00. The van der Waals surface area contributed by atoms with Gasteiger partial charge in [0.2, 0.25) is 5.91 Å². The molecule has 5 nitrogen and oxygen atoms in total. The van der Waals surface area contributed by atoms with Gasteiger partial charge in [-0.3, -0.25) is 9.48 Å². The first kappa shape index (κ1) is 22.0. The summed E-state index contributed by atoms with van der Waals surface area (Å²) in [6.07, 6.45) is 2.05. The molecule has 1 aromatic carbocycles. The number of nitrogen functional groups attached to an aromatic ring is 1. The van der Waals surface area contributed by atoms with Gasteiger partial charge >= 0.3 is 0 Å². The van der Waals surface area contributed by atoms with E-state index in [1.54, 1.807) is 0 Å². The lowest BCUT2D eigenvalue weighted by Crippen LogP contribution is -2.26. The number of carbonyl (C=O) groups excluding carboxylic acids is 1. The normalized spacial score (nSPS) is 10.7. The Morgan fingerprint density at radius 2 is 1.85 bits per heavy atom. The Kier molecular flexibility index (Phi) is 8.66. The monoisotopic (exact) mass is 378 g/mol. The quantitative estimate of drug-likeness (QED) is 0.691. The molecule has 26 heavy (non-hydrogen) atoms.